The van der Waals surface area contributed by atoms with E-state index in [1.54, 1.807) is 11.0 Å². The van der Waals surface area contributed by atoms with Crippen LogP contribution in [0.4, 0.5) is 0 Å². The van der Waals surface area contributed by atoms with Crippen molar-refractivity contribution < 1.29 is 9.59 Å². The first-order valence-corrected chi connectivity index (χ1v) is 7.45. The predicted octanol–water partition coefficient (Wildman–Crippen LogP) is 0.819. The maximum Gasteiger partial charge on any atom is 0.245 e. The summed E-state index contributed by atoms with van der Waals surface area (Å²) < 4.78 is 0. The summed E-state index contributed by atoms with van der Waals surface area (Å²) in [7, 11) is 0. The van der Waals surface area contributed by atoms with Crippen LogP contribution in [0.1, 0.15) is 12.5 Å². The average molecular weight is 310 g/mol. The minimum Gasteiger partial charge on any atom is -0.344 e. The Balaban J connectivity index is 2.11. The quantitative estimate of drug-likeness (QED) is 0.865. The van der Waals surface area contributed by atoms with Crippen molar-refractivity contribution in [1.82, 2.24) is 15.5 Å². The summed E-state index contributed by atoms with van der Waals surface area (Å²) in [6, 6.07) is 6.82. The van der Waals surface area contributed by atoms with Gasteiger partial charge in [0.2, 0.25) is 11.8 Å². The third-order valence-electron chi connectivity index (χ3n) is 3.49. The van der Waals surface area contributed by atoms with Crippen LogP contribution in [0.3, 0.4) is 0 Å². The molecule has 2 amide bonds. The lowest BCUT2D eigenvalue weighted by Crippen LogP contribution is -2.54. The molecular weight excluding hydrogens is 290 g/mol. The molecule has 1 aliphatic rings. The number of hydrogen-bond donors (Lipinski definition) is 2. The summed E-state index contributed by atoms with van der Waals surface area (Å²) in [5.74, 6) is -0.262. The van der Waals surface area contributed by atoms with Crippen LogP contribution in [0.25, 0.3) is 0 Å². The van der Waals surface area contributed by atoms with E-state index in [4.69, 9.17) is 11.6 Å². The highest BCUT2D eigenvalue weighted by molar-refractivity contribution is 6.31. The average Bonchev–Trinajstić information content (AvgIpc) is 2.48. The van der Waals surface area contributed by atoms with Gasteiger partial charge in [0.15, 0.2) is 0 Å². The maximum absolute atomic E-state index is 12.6. The molecule has 1 heterocycles. The van der Waals surface area contributed by atoms with E-state index in [-0.39, 0.29) is 11.8 Å². The number of carbonyl (C=O) groups excluding carboxylic acids is 2. The third-order valence-corrected chi connectivity index (χ3v) is 3.85. The van der Waals surface area contributed by atoms with E-state index >= 15 is 0 Å². The summed E-state index contributed by atoms with van der Waals surface area (Å²) in [6.45, 7) is 4.31. The molecule has 0 spiro atoms. The van der Waals surface area contributed by atoms with Crippen LogP contribution in [0.2, 0.25) is 5.02 Å². The third kappa shape index (κ3) is 4.44. The molecule has 0 aliphatic carbocycles. The van der Waals surface area contributed by atoms with Gasteiger partial charge < -0.3 is 15.5 Å². The number of nitrogens with one attached hydrogen (secondary N) is 2. The first-order chi connectivity index (χ1) is 10.1. The molecule has 1 fully saturated rings. The van der Waals surface area contributed by atoms with Gasteiger partial charge in [-0.1, -0.05) is 29.8 Å². The van der Waals surface area contributed by atoms with Crippen molar-refractivity contribution in [1.29, 1.82) is 0 Å². The van der Waals surface area contributed by atoms with E-state index < -0.39 is 6.04 Å². The SMILES string of the molecule is CC(=O)NC(Cc1ccccc1Cl)C(=O)N1CCNCC1. The van der Waals surface area contributed by atoms with Crippen molar-refractivity contribution in [3.8, 4) is 0 Å². The van der Waals surface area contributed by atoms with E-state index in [0.717, 1.165) is 18.7 Å². The number of carbonyl (C=O) groups is 2. The zero-order valence-corrected chi connectivity index (χ0v) is 12.8. The Morgan fingerprint density at radius 1 is 1.33 bits per heavy atom. The van der Waals surface area contributed by atoms with Gasteiger partial charge in [-0.3, -0.25) is 9.59 Å². The van der Waals surface area contributed by atoms with Gasteiger partial charge in [-0.15, -0.1) is 0 Å². The van der Waals surface area contributed by atoms with Crippen molar-refractivity contribution in [3.05, 3.63) is 34.9 Å². The van der Waals surface area contributed by atoms with E-state index in [0.29, 0.717) is 24.5 Å². The van der Waals surface area contributed by atoms with Crippen LogP contribution in [-0.2, 0) is 16.0 Å². The van der Waals surface area contributed by atoms with E-state index in [2.05, 4.69) is 10.6 Å². The Kier molecular flexibility index (Phi) is 5.59. The smallest absolute Gasteiger partial charge is 0.245 e. The van der Waals surface area contributed by atoms with Gasteiger partial charge in [0, 0.05) is 44.5 Å². The van der Waals surface area contributed by atoms with Crippen LogP contribution < -0.4 is 10.6 Å². The molecule has 2 rings (SSSR count). The number of amides is 2. The second kappa shape index (κ2) is 7.43. The monoisotopic (exact) mass is 309 g/mol. The molecule has 1 aromatic rings. The Morgan fingerprint density at radius 2 is 2.00 bits per heavy atom. The fourth-order valence-corrected chi connectivity index (χ4v) is 2.65. The summed E-state index contributed by atoms with van der Waals surface area (Å²) in [4.78, 5) is 25.8. The van der Waals surface area contributed by atoms with Gasteiger partial charge in [-0.25, -0.2) is 0 Å². The molecule has 0 bridgehead atoms. The van der Waals surface area contributed by atoms with Crippen molar-refractivity contribution in [2.75, 3.05) is 26.2 Å². The minimum absolute atomic E-state index is 0.0494. The molecular formula is C15H20ClN3O2. The topological polar surface area (TPSA) is 61.4 Å². The minimum atomic E-state index is -0.569. The normalized spacial score (nSPS) is 16.4. The molecule has 0 aromatic heterocycles. The first-order valence-electron chi connectivity index (χ1n) is 7.08. The number of hydrogen-bond acceptors (Lipinski definition) is 3. The van der Waals surface area contributed by atoms with Gasteiger partial charge >= 0.3 is 0 Å². The maximum atomic E-state index is 12.6. The Hall–Kier alpha value is -1.59. The summed E-state index contributed by atoms with van der Waals surface area (Å²) in [6.07, 6.45) is 0.405. The van der Waals surface area contributed by atoms with Crippen LogP contribution >= 0.6 is 11.6 Å². The molecule has 21 heavy (non-hydrogen) atoms. The second-order valence-electron chi connectivity index (χ2n) is 5.12. The molecule has 5 nitrogen and oxygen atoms in total. The summed E-state index contributed by atoms with van der Waals surface area (Å²) in [5, 5.41) is 6.56. The van der Waals surface area contributed by atoms with Crippen LogP contribution in [0.5, 0.6) is 0 Å². The second-order valence-corrected chi connectivity index (χ2v) is 5.53. The lowest BCUT2D eigenvalue weighted by atomic mass is 10.0. The highest BCUT2D eigenvalue weighted by Gasteiger charge is 2.26. The molecule has 1 atom stereocenters. The lowest BCUT2D eigenvalue weighted by Gasteiger charge is -2.31. The van der Waals surface area contributed by atoms with Crippen LogP contribution in [-0.4, -0.2) is 48.9 Å². The zero-order chi connectivity index (χ0) is 15.2. The summed E-state index contributed by atoms with van der Waals surface area (Å²) in [5.41, 5.74) is 0.862. The largest absolute Gasteiger partial charge is 0.344 e. The molecule has 1 aromatic carbocycles. The van der Waals surface area contributed by atoms with Crippen molar-refractivity contribution in [3.63, 3.8) is 0 Å². The fraction of sp³-hybridized carbons (Fsp3) is 0.467. The van der Waals surface area contributed by atoms with Crippen molar-refractivity contribution in [2.45, 2.75) is 19.4 Å². The molecule has 2 N–H and O–H groups in total. The number of nitrogens with zero attached hydrogens (tertiary/aromatic N) is 1. The molecule has 6 heteroatoms. The van der Waals surface area contributed by atoms with Crippen LogP contribution in [0, 0.1) is 0 Å². The predicted molar refractivity (Wildman–Crippen MR) is 82.2 cm³/mol. The van der Waals surface area contributed by atoms with Gasteiger partial charge in [0.05, 0.1) is 0 Å². The molecule has 1 unspecified atom stereocenters. The molecule has 0 radical (unpaired) electrons. The lowest BCUT2D eigenvalue weighted by molar-refractivity contribution is -0.136. The van der Waals surface area contributed by atoms with Crippen molar-refractivity contribution in [2.24, 2.45) is 0 Å². The number of piperazine rings is 1. The molecule has 0 saturated carbocycles. The van der Waals surface area contributed by atoms with Gasteiger partial charge in [0.1, 0.15) is 6.04 Å². The van der Waals surface area contributed by atoms with Crippen LogP contribution in [0.15, 0.2) is 24.3 Å². The molecule has 1 aliphatic heterocycles. The Bertz CT molecular complexity index is 515. The van der Waals surface area contributed by atoms with Gasteiger partial charge in [0.25, 0.3) is 0 Å². The highest BCUT2D eigenvalue weighted by atomic mass is 35.5. The van der Waals surface area contributed by atoms with E-state index in [1.165, 1.54) is 6.92 Å². The molecule has 114 valence electrons. The number of halogens is 1. The highest BCUT2D eigenvalue weighted by Crippen LogP contribution is 2.17. The number of benzene rings is 1. The van der Waals surface area contributed by atoms with E-state index in [1.807, 2.05) is 18.2 Å². The fourth-order valence-electron chi connectivity index (χ4n) is 2.43. The molecule has 1 saturated heterocycles. The van der Waals surface area contributed by atoms with Gasteiger partial charge in [-0.05, 0) is 11.6 Å². The Labute approximate surface area is 129 Å². The zero-order valence-electron chi connectivity index (χ0n) is 12.1. The Morgan fingerprint density at radius 3 is 2.62 bits per heavy atom. The standard InChI is InChI=1S/C15H20ClN3O2/c1-11(20)18-14(10-12-4-2-3-5-13(12)16)15(21)19-8-6-17-7-9-19/h2-5,14,17H,6-10H2,1H3,(H,18,20). The van der Waals surface area contributed by atoms with E-state index in [9.17, 15) is 9.59 Å². The number of rotatable bonds is 4. The first kappa shape index (κ1) is 15.8. The summed E-state index contributed by atoms with van der Waals surface area (Å²) >= 11 is 6.15. The van der Waals surface area contributed by atoms with Gasteiger partial charge in [-0.2, -0.15) is 0 Å². The van der Waals surface area contributed by atoms with Crippen molar-refractivity contribution >= 4 is 23.4 Å².